The summed E-state index contributed by atoms with van der Waals surface area (Å²) in [6, 6.07) is 3.25. The topological polar surface area (TPSA) is 107 Å². The highest BCUT2D eigenvalue weighted by Gasteiger charge is 2.71. The van der Waals surface area contributed by atoms with E-state index in [0.29, 0.717) is 6.61 Å². The van der Waals surface area contributed by atoms with Crippen LogP contribution >= 0.6 is 23.2 Å². The fourth-order valence-electron chi connectivity index (χ4n) is 6.73. The lowest BCUT2D eigenvalue weighted by Gasteiger charge is -2.51. The van der Waals surface area contributed by atoms with Crippen molar-refractivity contribution in [1.82, 2.24) is 29.8 Å². The number of alkyl halides is 5. The van der Waals surface area contributed by atoms with E-state index in [4.69, 9.17) is 32.4 Å². The molecule has 10 nitrogen and oxygen atoms in total. The molecule has 1 saturated carbocycles. The zero-order valence-corrected chi connectivity index (χ0v) is 25.6. The van der Waals surface area contributed by atoms with Crippen molar-refractivity contribution in [1.29, 1.82) is 0 Å². The molecular weight excluding hydrogens is 662 g/mol. The lowest BCUT2D eigenvalue weighted by Crippen LogP contribution is -2.64. The van der Waals surface area contributed by atoms with Crippen LogP contribution in [-0.4, -0.2) is 80.6 Å². The van der Waals surface area contributed by atoms with Gasteiger partial charge in [-0.1, -0.05) is 29.3 Å². The van der Waals surface area contributed by atoms with Gasteiger partial charge in [0, 0.05) is 50.0 Å². The maximum atomic E-state index is 15.4. The molecule has 3 aromatic rings. The Morgan fingerprint density at radius 1 is 0.978 bits per heavy atom. The Bertz CT molecular complexity index is 1680. The molecule has 1 aliphatic carbocycles. The van der Waals surface area contributed by atoms with E-state index in [0.717, 1.165) is 36.3 Å². The van der Waals surface area contributed by atoms with Crippen LogP contribution < -0.4 is 0 Å². The second kappa shape index (κ2) is 10.9. The van der Waals surface area contributed by atoms with Crippen molar-refractivity contribution in [3.63, 3.8) is 0 Å². The molecule has 3 aliphatic heterocycles. The fraction of sp³-hybridized carbons (Fsp3) is 0.552. The van der Waals surface area contributed by atoms with Gasteiger partial charge in [-0.3, -0.25) is 9.59 Å². The number of ether oxygens (including phenoxy) is 1. The molecule has 3 saturated heterocycles. The minimum Gasteiger partial charge on any atom is -0.419 e. The van der Waals surface area contributed by atoms with Crippen molar-refractivity contribution < 1.29 is 40.7 Å². The molecule has 46 heavy (non-hydrogen) atoms. The molecule has 4 aliphatic rings. The summed E-state index contributed by atoms with van der Waals surface area (Å²) < 4.78 is 84.9. The summed E-state index contributed by atoms with van der Waals surface area (Å²) in [4.78, 5) is 29.2. The van der Waals surface area contributed by atoms with Crippen LogP contribution in [0.5, 0.6) is 0 Å². The SMILES string of the molecule is O=C(c1cnn(C2CCCCO2)c1)N1CC(c2nnc(C(F)(F)c3ccc(Cl)c(Cl)c3)o2)C2(C1)CN(C(=O)C1(C(F)(F)F)CC1)C2. The van der Waals surface area contributed by atoms with Crippen LogP contribution in [0.4, 0.5) is 22.0 Å². The maximum Gasteiger partial charge on any atom is 0.403 e. The third-order valence-electron chi connectivity index (χ3n) is 9.52. The number of hydrogen-bond donors (Lipinski definition) is 0. The molecule has 246 valence electrons. The van der Waals surface area contributed by atoms with Gasteiger partial charge in [0.1, 0.15) is 11.6 Å². The van der Waals surface area contributed by atoms with Crippen LogP contribution in [0, 0.1) is 10.8 Å². The number of carbonyl (C=O) groups excluding carboxylic acids is 2. The number of rotatable bonds is 6. The Hall–Kier alpha value is -3.30. The van der Waals surface area contributed by atoms with Crippen LogP contribution in [0.1, 0.15) is 72.0 Å². The van der Waals surface area contributed by atoms with Crippen molar-refractivity contribution in [2.24, 2.45) is 10.8 Å². The second-order valence-electron chi connectivity index (χ2n) is 12.5. The smallest absolute Gasteiger partial charge is 0.403 e. The van der Waals surface area contributed by atoms with Crippen molar-refractivity contribution in [3.05, 3.63) is 63.5 Å². The Labute approximate surface area is 268 Å². The van der Waals surface area contributed by atoms with Gasteiger partial charge in [0.25, 0.3) is 11.8 Å². The van der Waals surface area contributed by atoms with Gasteiger partial charge in [0.2, 0.25) is 11.8 Å². The maximum absolute atomic E-state index is 15.4. The molecule has 2 atom stereocenters. The number of halogens is 7. The monoisotopic (exact) mass is 688 g/mol. The average molecular weight is 689 g/mol. The molecule has 1 spiro atoms. The largest absolute Gasteiger partial charge is 0.419 e. The van der Waals surface area contributed by atoms with Gasteiger partial charge in [-0.25, -0.2) is 4.68 Å². The Morgan fingerprint density at radius 3 is 2.37 bits per heavy atom. The van der Waals surface area contributed by atoms with E-state index in [1.807, 2.05) is 0 Å². The van der Waals surface area contributed by atoms with E-state index in [2.05, 4.69) is 15.3 Å². The minimum absolute atomic E-state index is 0.0192. The number of nitrogens with zero attached hydrogens (tertiary/aromatic N) is 6. The molecule has 17 heteroatoms. The molecule has 2 amide bonds. The highest BCUT2D eigenvalue weighted by atomic mass is 35.5. The molecule has 2 aromatic heterocycles. The minimum atomic E-state index is -4.69. The van der Waals surface area contributed by atoms with Gasteiger partial charge < -0.3 is 19.0 Å². The van der Waals surface area contributed by atoms with Gasteiger partial charge in [0.15, 0.2) is 0 Å². The quantitative estimate of drug-likeness (QED) is 0.301. The molecule has 1 aromatic carbocycles. The first-order chi connectivity index (χ1) is 21.7. The van der Waals surface area contributed by atoms with Gasteiger partial charge in [-0.05, 0) is 44.2 Å². The lowest BCUT2D eigenvalue weighted by atomic mass is 9.71. The Balaban J connectivity index is 1.16. The molecule has 2 unspecified atom stereocenters. The highest BCUT2D eigenvalue weighted by molar-refractivity contribution is 6.42. The molecular formula is C29H27Cl2F5N6O4. The predicted octanol–water partition coefficient (Wildman–Crippen LogP) is 5.82. The summed E-state index contributed by atoms with van der Waals surface area (Å²) in [6.07, 6.45) is 0.000875. The zero-order valence-electron chi connectivity index (χ0n) is 24.1. The number of carbonyl (C=O) groups is 2. The van der Waals surface area contributed by atoms with E-state index in [9.17, 15) is 22.8 Å². The number of aromatic nitrogens is 4. The van der Waals surface area contributed by atoms with Crippen molar-refractivity contribution >= 4 is 35.0 Å². The van der Waals surface area contributed by atoms with E-state index in [1.165, 1.54) is 17.2 Å². The Kier molecular flexibility index (Phi) is 7.40. The van der Waals surface area contributed by atoms with Gasteiger partial charge in [-0.15, -0.1) is 10.2 Å². The first-order valence-corrected chi connectivity index (χ1v) is 15.5. The second-order valence-corrected chi connectivity index (χ2v) is 13.3. The van der Waals surface area contributed by atoms with Gasteiger partial charge in [-0.2, -0.15) is 27.1 Å². The molecule has 0 bridgehead atoms. The first kappa shape index (κ1) is 31.3. The standard InChI is InChI=1S/C29H27Cl2F5N6O4/c30-19-5-4-17(9-20(19)31)28(32,33)24-39-38-22(46-24)18-12-40(23(43)16-10-37-42(11-16)21-3-1-2-8-45-21)13-26(18)14-41(15-26)25(44)27(6-7-27)29(34,35)36/h4-5,9-11,18,21H,1-3,6-8,12-15H2. The summed E-state index contributed by atoms with van der Waals surface area (Å²) in [5.74, 6) is -7.31. The molecule has 4 fully saturated rings. The average Bonchev–Trinajstić information content (AvgIpc) is 3.34. The summed E-state index contributed by atoms with van der Waals surface area (Å²) in [7, 11) is 0. The molecule has 0 radical (unpaired) electrons. The van der Waals surface area contributed by atoms with Crippen LogP contribution in [0.15, 0.2) is 35.0 Å². The van der Waals surface area contributed by atoms with E-state index >= 15 is 8.78 Å². The van der Waals surface area contributed by atoms with Crippen LogP contribution in [0.25, 0.3) is 0 Å². The van der Waals surface area contributed by atoms with E-state index in [-0.39, 0.29) is 66.7 Å². The third-order valence-corrected chi connectivity index (χ3v) is 10.3. The van der Waals surface area contributed by atoms with Crippen molar-refractivity contribution in [3.8, 4) is 0 Å². The molecule has 5 heterocycles. The highest BCUT2D eigenvalue weighted by Crippen LogP contribution is 2.60. The first-order valence-electron chi connectivity index (χ1n) is 14.7. The lowest BCUT2D eigenvalue weighted by molar-refractivity contribution is -0.204. The van der Waals surface area contributed by atoms with Crippen molar-refractivity contribution in [2.75, 3.05) is 32.8 Å². The van der Waals surface area contributed by atoms with E-state index < -0.39 is 52.1 Å². The zero-order chi connectivity index (χ0) is 32.6. The summed E-state index contributed by atoms with van der Waals surface area (Å²) in [5, 5.41) is 11.8. The van der Waals surface area contributed by atoms with E-state index in [1.54, 1.807) is 10.9 Å². The summed E-state index contributed by atoms with van der Waals surface area (Å²) >= 11 is 11.8. The van der Waals surface area contributed by atoms with Crippen LogP contribution in [0.2, 0.25) is 10.0 Å². The fourth-order valence-corrected chi connectivity index (χ4v) is 7.02. The number of likely N-dealkylation sites (tertiary alicyclic amines) is 2. The third kappa shape index (κ3) is 5.05. The summed E-state index contributed by atoms with van der Waals surface area (Å²) in [6.45, 7) is 0.245. The molecule has 7 rings (SSSR count). The predicted molar refractivity (Wildman–Crippen MR) is 150 cm³/mol. The Morgan fingerprint density at radius 2 is 1.72 bits per heavy atom. The van der Waals surface area contributed by atoms with Crippen molar-refractivity contribution in [2.45, 2.75) is 56.3 Å². The summed E-state index contributed by atoms with van der Waals surface area (Å²) in [5.41, 5.74) is -3.70. The van der Waals surface area contributed by atoms with Gasteiger partial charge in [0.05, 0.1) is 27.7 Å². The normalized spacial score (nSPS) is 23.9. The van der Waals surface area contributed by atoms with Crippen LogP contribution in [-0.2, 0) is 15.5 Å². The number of benzene rings is 1. The van der Waals surface area contributed by atoms with Crippen LogP contribution in [0.3, 0.4) is 0 Å². The molecule has 0 N–H and O–H groups in total. The number of amides is 2. The van der Waals surface area contributed by atoms with Gasteiger partial charge >= 0.3 is 12.1 Å². The number of hydrogen-bond acceptors (Lipinski definition) is 7.